The Labute approximate surface area is 262 Å². The summed E-state index contributed by atoms with van der Waals surface area (Å²) in [4.78, 5) is 42.5. The Balaban J connectivity index is 4.06. The number of carbonyl (C=O) groups is 2. The number of hydrogen-bond donors (Lipinski definition) is 2. The maximum Gasteiger partial charge on any atom is 0.469 e. The van der Waals surface area contributed by atoms with Crippen molar-refractivity contribution in [3.63, 3.8) is 0 Å². The summed E-state index contributed by atoms with van der Waals surface area (Å²) in [6, 6.07) is 0. The standard InChI is InChI=1S/C34H63O8P/c1-4-6-7-8-9-10-11-12-13-14-15-16-17-22-25-28-34(36)42-32(30-41-43(37,38)39)29-40-33(35)27-24-21-19-18-20-23-26-31(3)5-2/h10-13,31-32H,4-9,14-30H2,1-3H3,(H2,37,38,39)/b11-10-,13-12-/t31?,32-/m1/s1. The molecule has 0 amide bonds. The van der Waals surface area contributed by atoms with E-state index in [0.717, 1.165) is 70.1 Å². The van der Waals surface area contributed by atoms with Gasteiger partial charge in [0.2, 0.25) is 0 Å². The van der Waals surface area contributed by atoms with Gasteiger partial charge < -0.3 is 19.3 Å². The van der Waals surface area contributed by atoms with Crippen molar-refractivity contribution in [1.29, 1.82) is 0 Å². The Morgan fingerprint density at radius 2 is 1.21 bits per heavy atom. The third-order valence-electron chi connectivity index (χ3n) is 7.54. The second-order valence-electron chi connectivity index (χ2n) is 11.8. The molecule has 2 atom stereocenters. The molecule has 0 saturated carbocycles. The molecule has 0 aliphatic rings. The monoisotopic (exact) mass is 630 g/mol. The predicted molar refractivity (Wildman–Crippen MR) is 175 cm³/mol. The van der Waals surface area contributed by atoms with Crippen LogP contribution in [-0.2, 0) is 28.2 Å². The van der Waals surface area contributed by atoms with E-state index in [4.69, 9.17) is 19.3 Å². The first kappa shape index (κ1) is 41.5. The van der Waals surface area contributed by atoms with Crippen LogP contribution in [-0.4, -0.2) is 41.0 Å². The van der Waals surface area contributed by atoms with Crippen molar-refractivity contribution in [2.24, 2.45) is 5.92 Å². The molecule has 0 saturated heterocycles. The summed E-state index contributed by atoms with van der Waals surface area (Å²) in [7, 11) is -4.75. The van der Waals surface area contributed by atoms with E-state index in [2.05, 4.69) is 49.6 Å². The van der Waals surface area contributed by atoms with Gasteiger partial charge in [-0.25, -0.2) is 4.57 Å². The summed E-state index contributed by atoms with van der Waals surface area (Å²) in [6.07, 6.45) is 29.1. The molecule has 0 aliphatic carbocycles. The average molecular weight is 631 g/mol. The van der Waals surface area contributed by atoms with Crippen molar-refractivity contribution >= 4 is 19.8 Å². The highest BCUT2D eigenvalue weighted by molar-refractivity contribution is 7.46. The van der Waals surface area contributed by atoms with Crippen LogP contribution in [0, 0.1) is 5.92 Å². The van der Waals surface area contributed by atoms with Gasteiger partial charge in [0.05, 0.1) is 6.61 Å². The molecule has 0 aromatic carbocycles. The topological polar surface area (TPSA) is 119 Å². The molecule has 252 valence electrons. The molecule has 0 fully saturated rings. The molecule has 1 unspecified atom stereocenters. The lowest BCUT2D eigenvalue weighted by atomic mass is 10.00. The Morgan fingerprint density at radius 1 is 0.698 bits per heavy atom. The number of allylic oxidation sites excluding steroid dienone is 4. The second-order valence-corrected chi connectivity index (χ2v) is 13.0. The van der Waals surface area contributed by atoms with Crippen LogP contribution in [0.25, 0.3) is 0 Å². The SMILES string of the molecule is CCCCCC/C=C\C=C/CCCCCCCC(=O)O[C@H](COC(=O)CCCCCCCCC(C)CC)COP(=O)(O)O. The van der Waals surface area contributed by atoms with Crippen LogP contribution in [0.5, 0.6) is 0 Å². The summed E-state index contributed by atoms with van der Waals surface area (Å²) < 4.78 is 26.2. The van der Waals surface area contributed by atoms with Crippen molar-refractivity contribution in [2.75, 3.05) is 13.2 Å². The Kier molecular flexibility index (Phi) is 28.3. The number of phosphoric ester groups is 1. The number of ether oxygens (including phenoxy) is 2. The zero-order valence-corrected chi connectivity index (χ0v) is 28.4. The highest BCUT2D eigenvalue weighted by Gasteiger charge is 2.22. The van der Waals surface area contributed by atoms with Crippen LogP contribution in [0.1, 0.15) is 156 Å². The summed E-state index contributed by atoms with van der Waals surface area (Å²) in [6.45, 7) is 5.90. The zero-order valence-electron chi connectivity index (χ0n) is 27.5. The quantitative estimate of drug-likeness (QED) is 0.0348. The number of hydrogen-bond acceptors (Lipinski definition) is 6. The van der Waals surface area contributed by atoms with E-state index in [1.807, 2.05) is 0 Å². The average Bonchev–Trinajstić information content (AvgIpc) is 2.97. The molecule has 2 N–H and O–H groups in total. The molecule has 9 heteroatoms. The third kappa shape index (κ3) is 31.8. The van der Waals surface area contributed by atoms with Crippen molar-refractivity contribution < 1.29 is 37.9 Å². The highest BCUT2D eigenvalue weighted by Crippen LogP contribution is 2.36. The van der Waals surface area contributed by atoms with E-state index in [1.165, 1.54) is 51.4 Å². The minimum atomic E-state index is -4.75. The molecule has 8 nitrogen and oxygen atoms in total. The summed E-state index contributed by atoms with van der Waals surface area (Å²) in [5.74, 6) is -0.120. The lowest BCUT2D eigenvalue weighted by Crippen LogP contribution is -2.29. The maximum absolute atomic E-state index is 12.3. The first-order valence-electron chi connectivity index (χ1n) is 17.0. The van der Waals surface area contributed by atoms with Gasteiger partial charge in [0.25, 0.3) is 0 Å². The number of esters is 2. The van der Waals surface area contributed by atoms with Crippen LogP contribution in [0.15, 0.2) is 24.3 Å². The van der Waals surface area contributed by atoms with Crippen LogP contribution in [0.2, 0.25) is 0 Å². The molecule has 0 bridgehead atoms. The van der Waals surface area contributed by atoms with E-state index < -0.39 is 32.5 Å². The van der Waals surface area contributed by atoms with E-state index in [1.54, 1.807) is 0 Å². The molecule has 0 aromatic heterocycles. The summed E-state index contributed by atoms with van der Waals surface area (Å²) in [5, 5.41) is 0. The van der Waals surface area contributed by atoms with Crippen molar-refractivity contribution in [1.82, 2.24) is 0 Å². The predicted octanol–water partition coefficient (Wildman–Crippen LogP) is 9.53. The second kappa shape index (κ2) is 29.3. The van der Waals surface area contributed by atoms with E-state index >= 15 is 0 Å². The van der Waals surface area contributed by atoms with Crippen molar-refractivity contribution in [3.8, 4) is 0 Å². The molecular formula is C34H63O8P. The van der Waals surface area contributed by atoms with Gasteiger partial charge in [0.15, 0.2) is 6.10 Å². The van der Waals surface area contributed by atoms with Gasteiger partial charge in [-0.15, -0.1) is 0 Å². The van der Waals surface area contributed by atoms with Crippen LogP contribution >= 0.6 is 7.82 Å². The fourth-order valence-electron chi connectivity index (χ4n) is 4.57. The fraction of sp³-hybridized carbons (Fsp3) is 0.824. The number of unbranched alkanes of at least 4 members (excludes halogenated alkanes) is 14. The summed E-state index contributed by atoms with van der Waals surface area (Å²) >= 11 is 0. The van der Waals surface area contributed by atoms with Gasteiger partial charge in [-0.05, 0) is 44.4 Å². The van der Waals surface area contributed by atoms with Gasteiger partial charge in [-0.1, -0.05) is 129 Å². The molecule has 0 spiro atoms. The molecule has 0 heterocycles. The van der Waals surface area contributed by atoms with Crippen molar-refractivity contribution in [3.05, 3.63) is 24.3 Å². The molecule has 43 heavy (non-hydrogen) atoms. The molecule has 0 aliphatic heterocycles. The minimum absolute atomic E-state index is 0.195. The van der Waals surface area contributed by atoms with Crippen LogP contribution < -0.4 is 0 Å². The molecule has 0 rings (SSSR count). The molecule has 0 aromatic rings. The minimum Gasteiger partial charge on any atom is -0.462 e. The molecular weight excluding hydrogens is 567 g/mol. The van der Waals surface area contributed by atoms with Crippen LogP contribution in [0.3, 0.4) is 0 Å². The molecule has 0 radical (unpaired) electrons. The van der Waals surface area contributed by atoms with Gasteiger partial charge in [-0.3, -0.25) is 14.1 Å². The maximum atomic E-state index is 12.3. The first-order chi connectivity index (χ1) is 20.7. The Bertz CT molecular complexity index is 776. The van der Waals surface area contributed by atoms with E-state index in [-0.39, 0.29) is 19.4 Å². The van der Waals surface area contributed by atoms with Gasteiger partial charge >= 0.3 is 19.8 Å². The van der Waals surface area contributed by atoms with Crippen LogP contribution in [0.4, 0.5) is 0 Å². The summed E-state index contributed by atoms with van der Waals surface area (Å²) in [5.41, 5.74) is 0. The largest absolute Gasteiger partial charge is 0.469 e. The third-order valence-corrected chi connectivity index (χ3v) is 8.03. The first-order valence-corrected chi connectivity index (χ1v) is 18.6. The lowest BCUT2D eigenvalue weighted by molar-refractivity contribution is -0.161. The van der Waals surface area contributed by atoms with Gasteiger partial charge in [0, 0.05) is 12.8 Å². The Hall–Kier alpha value is -1.47. The Morgan fingerprint density at radius 3 is 1.77 bits per heavy atom. The number of phosphoric acid groups is 1. The smallest absolute Gasteiger partial charge is 0.462 e. The number of carbonyl (C=O) groups excluding carboxylic acids is 2. The van der Waals surface area contributed by atoms with E-state index in [0.29, 0.717) is 6.42 Å². The normalized spacial score (nSPS) is 13.5. The van der Waals surface area contributed by atoms with Gasteiger partial charge in [-0.2, -0.15) is 0 Å². The number of rotatable bonds is 30. The zero-order chi connectivity index (χ0) is 32.0. The fourth-order valence-corrected chi connectivity index (χ4v) is 4.93. The highest BCUT2D eigenvalue weighted by atomic mass is 31.2. The van der Waals surface area contributed by atoms with Gasteiger partial charge in [0.1, 0.15) is 6.61 Å². The van der Waals surface area contributed by atoms with Crippen molar-refractivity contribution in [2.45, 2.75) is 162 Å². The lowest BCUT2D eigenvalue weighted by Gasteiger charge is -2.18. The van der Waals surface area contributed by atoms with E-state index in [9.17, 15) is 14.2 Å².